The molecular weight excluding hydrogens is 402 g/mol. The van der Waals surface area contributed by atoms with E-state index in [1.165, 1.54) is 6.21 Å². The predicted molar refractivity (Wildman–Crippen MR) is 86.5 cm³/mol. The SMILES string of the molecule is [Cl][Ni].[OH+]=C([N-]N=Cc1cc(Br)ccc1[OH2+])c1ccccc1. The van der Waals surface area contributed by atoms with Gasteiger partial charge in [0.15, 0.2) is 0 Å². The average molecular weight is 414 g/mol. The van der Waals surface area contributed by atoms with Gasteiger partial charge in [-0.2, -0.15) is 0 Å². The van der Waals surface area contributed by atoms with E-state index in [0.717, 1.165) is 4.47 Å². The number of nitrogens with zero attached hydrogens (tertiary/aromatic N) is 2. The van der Waals surface area contributed by atoms with Crippen LogP contribution in [0.5, 0.6) is 5.75 Å². The van der Waals surface area contributed by atoms with Crippen molar-refractivity contribution < 1.29 is 24.5 Å². The summed E-state index contributed by atoms with van der Waals surface area (Å²) in [6.45, 7) is 0. The van der Waals surface area contributed by atoms with Crippen molar-refractivity contribution in [1.82, 2.24) is 0 Å². The molecule has 0 aliphatic rings. The van der Waals surface area contributed by atoms with Crippen molar-refractivity contribution in [2.75, 3.05) is 0 Å². The average Bonchev–Trinajstić information content (AvgIpc) is 2.53. The fourth-order valence-electron chi connectivity index (χ4n) is 1.43. The van der Waals surface area contributed by atoms with Gasteiger partial charge in [-0.1, -0.05) is 34.1 Å². The summed E-state index contributed by atoms with van der Waals surface area (Å²) < 4.78 is 0.862. The number of hydrogen-bond acceptors (Lipinski definition) is 1. The zero-order valence-electron chi connectivity index (χ0n) is 10.6. The van der Waals surface area contributed by atoms with Crippen LogP contribution >= 0.6 is 26.1 Å². The topological polar surface area (TPSA) is 70.8 Å². The van der Waals surface area contributed by atoms with Gasteiger partial charge in [-0.25, -0.2) is 0 Å². The molecule has 0 unspecified atom stereocenters. The Balaban J connectivity index is 0.00000106. The van der Waals surface area contributed by atoms with Crippen LogP contribution < -0.4 is 0 Å². The molecule has 0 saturated heterocycles. The molecule has 1 amide bonds. The van der Waals surface area contributed by atoms with Gasteiger partial charge in [0, 0.05) is 16.8 Å². The maximum absolute atomic E-state index is 9.70. The van der Waals surface area contributed by atoms with Crippen molar-refractivity contribution in [1.29, 1.82) is 0 Å². The van der Waals surface area contributed by atoms with Crippen LogP contribution in [0.4, 0.5) is 0 Å². The molecule has 0 fully saturated rings. The Kier molecular flexibility index (Phi) is 8.05. The summed E-state index contributed by atoms with van der Waals surface area (Å²) in [5, 5.41) is 11.5. The molecule has 21 heavy (non-hydrogen) atoms. The van der Waals surface area contributed by atoms with Gasteiger partial charge in [0.05, 0.1) is 11.1 Å². The van der Waals surface area contributed by atoms with Gasteiger partial charge < -0.3 is 15.6 Å². The summed E-state index contributed by atoms with van der Waals surface area (Å²) in [4.78, 5) is 9.70. The predicted octanol–water partition coefficient (Wildman–Crippen LogP) is 3.83. The third kappa shape index (κ3) is 5.88. The van der Waals surface area contributed by atoms with Crippen LogP contribution in [-0.2, 0) is 14.6 Å². The minimum absolute atomic E-state index is 0.154. The van der Waals surface area contributed by atoms with Crippen molar-refractivity contribution in [3.05, 3.63) is 69.6 Å². The van der Waals surface area contributed by atoms with E-state index in [9.17, 15) is 4.79 Å². The van der Waals surface area contributed by atoms with E-state index in [0.29, 0.717) is 16.9 Å². The Morgan fingerprint density at radius 1 is 1.24 bits per heavy atom. The molecule has 0 aliphatic carbocycles. The molecule has 4 nitrogen and oxygen atoms in total. The second-order valence-electron chi connectivity index (χ2n) is 3.77. The summed E-state index contributed by atoms with van der Waals surface area (Å²) in [7, 11) is 4.26. The molecule has 2 aromatic carbocycles. The second kappa shape index (κ2) is 9.56. The fraction of sp³-hybridized carbons (Fsp3) is 0. The number of benzene rings is 2. The molecule has 0 atom stereocenters. The fourth-order valence-corrected chi connectivity index (χ4v) is 1.81. The Morgan fingerprint density at radius 3 is 2.57 bits per heavy atom. The standard InChI is InChI=1S/C14H11BrN2O2.ClH.Ni/c15-12-6-7-13(18)11(8-12)9-16-17-14(19)10-4-2-1-3-5-10;;/h1-9H,(H2,16,17,18,19);1H;/q;;+1. The number of carbonyl (C=O) groups excluding carboxylic acids is 1. The van der Waals surface area contributed by atoms with Crippen molar-refractivity contribution in [3.63, 3.8) is 0 Å². The quantitative estimate of drug-likeness (QED) is 0.317. The molecule has 0 spiro atoms. The molecular formula is C14H12BrClN2NiO2+. The molecule has 2 aromatic rings. The molecule has 0 saturated carbocycles. The van der Waals surface area contributed by atoms with Gasteiger partial charge in [0.1, 0.15) is 0 Å². The summed E-state index contributed by atoms with van der Waals surface area (Å²) in [6, 6.07) is 14.2. The van der Waals surface area contributed by atoms with E-state index in [1.807, 2.05) is 6.07 Å². The van der Waals surface area contributed by atoms with Crippen LogP contribution in [0.2, 0.25) is 0 Å². The number of rotatable bonds is 3. The third-order valence-corrected chi connectivity index (χ3v) is 2.89. The molecule has 0 bridgehead atoms. The summed E-state index contributed by atoms with van der Waals surface area (Å²) in [5.74, 6) is 0.194. The molecule has 0 aliphatic heterocycles. The smallest absolute Gasteiger partial charge is 0.275 e. The van der Waals surface area contributed by atoms with Gasteiger partial charge >= 0.3 is 24.8 Å². The Morgan fingerprint density at radius 2 is 1.90 bits per heavy atom. The summed E-state index contributed by atoms with van der Waals surface area (Å²) in [6.07, 6.45) is 1.44. The number of hydrogen-bond donors (Lipinski definition) is 0. The van der Waals surface area contributed by atoms with Crippen LogP contribution in [0.1, 0.15) is 11.1 Å². The van der Waals surface area contributed by atoms with E-state index in [4.69, 9.17) is 5.11 Å². The molecule has 7 heteroatoms. The van der Waals surface area contributed by atoms with Gasteiger partial charge in [-0.15, -0.1) is 0 Å². The van der Waals surface area contributed by atoms with Crippen LogP contribution in [0.15, 0.2) is 58.1 Å². The van der Waals surface area contributed by atoms with Gasteiger partial charge in [-0.05, 0) is 24.3 Å². The number of amides is 1. The maximum atomic E-state index is 9.70. The van der Waals surface area contributed by atoms with Crippen molar-refractivity contribution >= 4 is 38.2 Å². The van der Waals surface area contributed by atoms with Gasteiger partial charge in [-0.3, -0.25) is 4.79 Å². The maximum Gasteiger partial charge on any atom is 0.275 e. The Hall–Kier alpha value is -1.36. The molecule has 3 N–H and O–H groups in total. The first-order valence-electron chi connectivity index (χ1n) is 5.65. The van der Waals surface area contributed by atoms with Gasteiger partial charge in [0.2, 0.25) is 0 Å². The van der Waals surface area contributed by atoms with Crippen LogP contribution in [-0.4, -0.2) is 22.0 Å². The minimum atomic E-state index is -0.154. The zero-order valence-corrected chi connectivity index (χ0v) is 13.9. The van der Waals surface area contributed by atoms with E-state index >= 15 is 0 Å². The minimum Gasteiger partial charge on any atom is -0.593 e. The van der Waals surface area contributed by atoms with Crippen LogP contribution in [0, 0.1) is 0 Å². The molecule has 113 valence electrons. The normalized spacial score (nSPS) is 9.90. The largest absolute Gasteiger partial charge is 0.593 e. The third-order valence-electron chi connectivity index (χ3n) is 2.39. The monoisotopic (exact) mass is 412 g/mol. The van der Waals surface area contributed by atoms with E-state index in [1.54, 1.807) is 42.5 Å². The molecule has 2 rings (SSSR count). The van der Waals surface area contributed by atoms with Crippen molar-refractivity contribution in [3.8, 4) is 5.75 Å². The molecule has 0 heterocycles. The van der Waals surface area contributed by atoms with Crippen molar-refractivity contribution in [2.45, 2.75) is 0 Å². The number of halogens is 2. The first-order valence-corrected chi connectivity index (χ1v) is 7.80. The van der Waals surface area contributed by atoms with Crippen LogP contribution in [0.3, 0.4) is 0 Å². The van der Waals surface area contributed by atoms with Crippen molar-refractivity contribution in [2.24, 2.45) is 5.10 Å². The second-order valence-corrected chi connectivity index (χ2v) is 4.68. The summed E-state index contributed by atoms with van der Waals surface area (Å²) >= 11 is 6.67. The first kappa shape index (κ1) is 17.7. The Bertz CT molecular complexity index is 624. The Labute approximate surface area is 143 Å². The molecule has 0 radical (unpaired) electrons. The molecule has 0 aromatic heterocycles. The van der Waals surface area contributed by atoms with Gasteiger partial charge in [0.25, 0.3) is 11.7 Å². The first-order chi connectivity index (χ1) is 10.2. The van der Waals surface area contributed by atoms with E-state index in [-0.39, 0.29) is 5.91 Å². The van der Waals surface area contributed by atoms with E-state index in [2.05, 4.69) is 51.2 Å². The van der Waals surface area contributed by atoms with E-state index < -0.39 is 0 Å². The summed E-state index contributed by atoms with van der Waals surface area (Å²) in [5.41, 5.74) is 4.92. The zero-order chi connectivity index (χ0) is 15.7. The van der Waals surface area contributed by atoms with Crippen LogP contribution in [0.25, 0.3) is 5.43 Å².